The number of aryl methyl sites for hydroxylation is 2. The third-order valence-electron chi connectivity index (χ3n) is 5.72. The Hall–Kier alpha value is -3.50. The summed E-state index contributed by atoms with van der Waals surface area (Å²) in [7, 11) is -3.79. The lowest BCUT2D eigenvalue weighted by molar-refractivity contribution is -0.119. The largest absolute Gasteiger partial charge is 0.452 e. The number of anilines is 1. The molecule has 0 atom stereocenters. The molecule has 10 heteroatoms. The Kier molecular flexibility index (Phi) is 8.08. The highest BCUT2D eigenvalue weighted by Crippen LogP contribution is 2.24. The fourth-order valence-corrected chi connectivity index (χ4v) is 5.35. The van der Waals surface area contributed by atoms with E-state index in [-0.39, 0.29) is 34.5 Å². The standard InChI is InChI=1S/C25H29N3O6S/c1-5-17-10-8-9-16(4)24(17)27-23(30)15-34-25(31)20-14-22(29)26-21-12-11-18(13-19(20)21)35(32,33)28(6-2)7-3/h8-14H,5-7,15H2,1-4H3,(H,26,29)(H,27,30). The average Bonchev–Trinajstić information content (AvgIpc) is 2.83. The molecule has 0 fully saturated rings. The Labute approximate surface area is 204 Å². The minimum absolute atomic E-state index is 0.0146. The summed E-state index contributed by atoms with van der Waals surface area (Å²) in [6.45, 7) is 7.30. The van der Waals surface area contributed by atoms with Gasteiger partial charge in [-0.1, -0.05) is 39.0 Å². The van der Waals surface area contributed by atoms with E-state index < -0.39 is 34.1 Å². The zero-order chi connectivity index (χ0) is 25.8. The van der Waals surface area contributed by atoms with Gasteiger partial charge >= 0.3 is 5.97 Å². The predicted molar refractivity (Wildman–Crippen MR) is 134 cm³/mol. The summed E-state index contributed by atoms with van der Waals surface area (Å²) in [4.78, 5) is 40.0. The van der Waals surface area contributed by atoms with E-state index in [1.807, 2.05) is 32.0 Å². The minimum atomic E-state index is -3.79. The smallest absolute Gasteiger partial charge is 0.339 e. The SMILES string of the molecule is CCc1cccc(C)c1NC(=O)COC(=O)c1cc(=O)[nH]c2ccc(S(=O)(=O)N(CC)CC)cc12. The zero-order valence-electron chi connectivity index (χ0n) is 20.2. The summed E-state index contributed by atoms with van der Waals surface area (Å²) >= 11 is 0. The summed E-state index contributed by atoms with van der Waals surface area (Å²) in [6, 6.07) is 10.8. The number of amides is 1. The Morgan fingerprint density at radius 1 is 1.06 bits per heavy atom. The lowest BCUT2D eigenvalue weighted by atomic mass is 10.1. The molecule has 1 amide bonds. The molecule has 0 saturated carbocycles. The van der Waals surface area contributed by atoms with Crippen molar-refractivity contribution in [3.63, 3.8) is 0 Å². The topological polar surface area (TPSA) is 126 Å². The molecule has 2 N–H and O–H groups in total. The molecule has 0 aliphatic carbocycles. The van der Waals surface area contributed by atoms with Gasteiger partial charge in [0.1, 0.15) is 0 Å². The van der Waals surface area contributed by atoms with E-state index in [4.69, 9.17) is 4.74 Å². The number of rotatable bonds is 9. The summed E-state index contributed by atoms with van der Waals surface area (Å²) in [5, 5.41) is 2.97. The molecule has 9 nitrogen and oxygen atoms in total. The number of carbonyl (C=O) groups is 2. The number of H-pyrrole nitrogens is 1. The number of benzene rings is 2. The second-order valence-electron chi connectivity index (χ2n) is 7.93. The molecular weight excluding hydrogens is 470 g/mol. The quantitative estimate of drug-likeness (QED) is 0.436. The summed E-state index contributed by atoms with van der Waals surface area (Å²) in [5.74, 6) is -1.43. The van der Waals surface area contributed by atoms with E-state index in [0.717, 1.165) is 17.2 Å². The van der Waals surface area contributed by atoms with Crippen molar-refractivity contribution in [1.29, 1.82) is 0 Å². The van der Waals surface area contributed by atoms with Crippen molar-refractivity contribution in [1.82, 2.24) is 9.29 Å². The van der Waals surface area contributed by atoms with Crippen LogP contribution in [0.1, 0.15) is 42.3 Å². The van der Waals surface area contributed by atoms with Gasteiger partial charge in [-0.2, -0.15) is 4.31 Å². The van der Waals surface area contributed by atoms with Gasteiger partial charge < -0.3 is 15.0 Å². The van der Waals surface area contributed by atoms with Crippen LogP contribution >= 0.6 is 0 Å². The van der Waals surface area contributed by atoms with Gasteiger partial charge in [0.15, 0.2) is 6.61 Å². The maximum absolute atomic E-state index is 12.9. The van der Waals surface area contributed by atoms with Crippen LogP contribution in [0.4, 0.5) is 5.69 Å². The molecule has 0 aliphatic heterocycles. The van der Waals surface area contributed by atoms with Crippen LogP contribution in [0.15, 0.2) is 52.2 Å². The summed E-state index contributed by atoms with van der Waals surface area (Å²) in [5.41, 5.74) is 2.10. The Morgan fingerprint density at radius 2 is 1.77 bits per heavy atom. The average molecular weight is 500 g/mol. The molecule has 0 spiro atoms. The number of hydrogen-bond donors (Lipinski definition) is 2. The number of para-hydroxylation sites is 1. The van der Waals surface area contributed by atoms with E-state index in [1.165, 1.54) is 22.5 Å². The normalized spacial score (nSPS) is 11.6. The summed E-state index contributed by atoms with van der Waals surface area (Å²) in [6.07, 6.45) is 0.717. The van der Waals surface area contributed by atoms with Gasteiger partial charge in [0.25, 0.3) is 5.91 Å². The van der Waals surface area contributed by atoms with Crippen molar-refractivity contribution in [2.24, 2.45) is 0 Å². The van der Waals surface area contributed by atoms with Crippen molar-refractivity contribution < 1.29 is 22.7 Å². The molecule has 186 valence electrons. The first-order chi connectivity index (χ1) is 16.6. The van der Waals surface area contributed by atoms with Crippen LogP contribution in [0, 0.1) is 6.92 Å². The molecule has 3 rings (SSSR count). The number of aromatic amines is 1. The number of ether oxygens (including phenoxy) is 1. The Balaban J connectivity index is 1.88. The fraction of sp³-hybridized carbons (Fsp3) is 0.320. The maximum atomic E-state index is 12.9. The van der Waals surface area contributed by atoms with Crippen LogP contribution < -0.4 is 10.9 Å². The third-order valence-corrected chi connectivity index (χ3v) is 7.76. The number of aromatic nitrogens is 1. The molecule has 0 saturated heterocycles. The Morgan fingerprint density at radius 3 is 2.43 bits per heavy atom. The monoisotopic (exact) mass is 499 g/mol. The van der Waals surface area contributed by atoms with Crippen molar-refractivity contribution >= 4 is 38.5 Å². The van der Waals surface area contributed by atoms with E-state index >= 15 is 0 Å². The minimum Gasteiger partial charge on any atom is -0.452 e. The highest BCUT2D eigenvalue weighted by Gasteiger charge is 2.23. The molecule has 0 bridgehead atoms. The van der Waals surface area contributed by atoms with Gasteiger partial charge in [-0.3, -0.25) is 9.59 Å². The third kappa shape index (κ3) is 5.60. The lowest BCUT2D eigenvalue weighted by Gasteiger charge is -2.19. The number of fused-ring (bicyclic) bond motifs is 1. The van der Waals surface area contributed by atoms with Gasteiger partial charge in [0, 0.05) is 35.7 Å². The molecule has 0 radical (unpaired) electrons. The van der Waals surface area contributed by atoms with Gasteiger partial charge in [0.2, 0.25) is 15.6 Å². The molecule has 1 heterocycles. The summed E-state index contributed by atoms with van der Waals surface area (Å²) < 4.78 is 32.4. The molecule has 35 heavy (non-hydrogen) atoms. The highest BCUT2D eigenvalue weighted by atomic mass is 32.2. The molecule has 1 aromatic heterocycles. The number of sulfonamides is 1. The molecular formula is C25H29N3O6S. The first-order valence-corrected chi connectivity index (χ1v) is 12.8. The number of carbonyl (C=O) groups excluding carboxylic acids is 2. The van der Waals surface area contributed by atoms with Crippen LogP contribution in [0.25, 0.3) is 10.9 Å². The van der Waals surface area contributed by atoms with Crippen molar-refractivity contribution in [3.05, 3.63) is 69.5 Å². The Bertz CT molecular complexity index is 1420. The van der Waals surface area contributed by atoms with Crippen molar-refractivity contribution in [2.75, 3.05) is 25.0 Å². The molecule has 3 aromatic rings. The predicted octanol–water partition coefficient (Wildman–Crippen LogP) is 3.22. The van der Waals surface area contributed by atoms with Crippen LogP contribution in [0.3, 0.4) is 0 Å². The first kappa shape index (κ1) is 26.1. The van der Waals surface area contributed by atoms with Crippen molar-refractivity contribution in [2.45, 2.75) is 39.0 Å². The van der Waals surface area contributed by atoms with Gasteiger partial charge in [-0.25, -0.2) is 13.2 Å². The van der Waals surface area contributed by atoms with Crippen LogP contribution in [0.5, 0.6) is 0 Å². The van der Waals surface area contributed by atoms with E-state index in [9.17, 15) is 22.8 Å². The van der Waals surface area contributed by atoms with Crippen LogP contribution in [0.2, 0.25) is 0 Å². The molecule has 0 aliphatic rings. The maximum Gasteiger partial charge on any atom is 0.339 e. The zero-order valence-corrected chi connectivity index (χ0v) is 21.0. The number of esters is 1. The number of nitrogens with zero attached hydrogens (tertiary/aromatic N) is 1. The first-order valence-electron chi connectivity index (χ1n) is 11.3. The molecule has 2 aromatic carbocycles. The second kappa shape index (κ2) is 10.8. The van der Waals surface area contributed by atoms with Gasteiger partial charge in [-0.15, -0.1) is 0 Å². The lowest BCUT2D eigenvalue weighted by Crippen LogP contribution is -2.30. The number of hydrogen-bond acceptors (Lipinski definition) is 6. The number of nitrogens with one attached hydrogen (secondary N) is 2. The molecule has 0 unspecified atom stereocenters. The van der Waals surface area contributed by atoms with E-state index in [1.54, 1.807) is 13.8 Å². The van der Waals surface area contributed by atoms with Crippen LogP contribution in [-0.4, -0.2) is 49.3 Å². The highest BCUT2D eigenvalue weighted by molar-refractivity contribution is 7.89. The fourth-order valence-electron chi connectivity index (χ4n) is 3.86. The van der Waals surface area contributed by atoms with E-state index in [0.29, 0.717) is 12.1 Å². The second-order valence-corrected chi connectivity index (χ2v) is 9.87. The van der Waals surface area contributed by atoms with Crippen LogP contribution in [-0.2, 0) is 26.0 Å². The van der Waals surface area contributed by atoms with Gasteiger partial charge in [-0.05, 0) is 42.7 Å². The van der Waals surface area contributed by atoms with Gasteiger partial charge in [0.05, 0.1) is 10.5 Å². The van der Waals surface area contributed by atoms with E-state index in [2.05, 4.69) is 10.3 Å². The van der Waals surface area contributed by atoms with Crippen molar-refractivity contribution in [3.8, 4) is 0 Å². The number of pyridine rings is 1.